The van der Waals surface area contributed by atoms with Gasteiger partial charge in [0.05, 0.1) is 6.04 Å². The van der Waals surface area contributed by atoms with Crippen LogP contribution in [-0.2, 0) is 0 Å². The average Bonchev–Trinajstić information content (AvgIpc) is 2.76. The summed E-state index contributed by atoms with van der Waals surface area (Å²) in [4.78, 5) is 1.34. The van der Waals surface area contributed by atoms with Crippen molar-refractivity contribution in [2.24, 2.45) is 0 Å². The van der Waals surface area contributed by atoms with Gasteiger partial charge in [0.15, 0.2) is 0 Å². The van der Waals surface area contributed by atoms with E-state index in [4.69, 9.17) is 0 Å². The molecule has 1 atom stereocenters. The van der Waals surface area contributed by atoms with Crippen LogP contribution in [-0.4, -0.2) is 5.75 Å². The molecule has 1 N–H and O–H groups in total. The van der Waals surface area contributed by atoms with Crippen LogP contribution in [0.5, 0.6) is 0 Å². The maximum Gasteiger partial charge on any atom is 0.124 e. The molecule has 0 saturated heterocycles. The molecule has 0 fully saturated rings. The lowest BCUT2D eigenvalue weighted by atomic mass is 10.1. The van der Waals surface area contributed by atoms with Crippen molar-refractivity contribution in [3.63, 3.8) is 0 Å². The zero-order valence-electron chi connectivity index (χ0n) is 9.49. The second-order valence-corrected chi connectivity index (χ2v) is 6.39. The maximum absolute atomic E-state index is 13.1. The highest BCUT2D eigenvalue weighted by Crippen LogP contribution is 2.40. The van der Waals surface area contributed by atoms with E-state index in [-0.39, 0.29) is 5.82 Å². The first kappa shape index (κ1) is 12.3. The van der Waals surface area contributed by atoms with Gasteiger partial charge in [0.25, 0.3) is 0 Å². The Labute approximate surface area is 123 Å². The zero-order chi connectivity index (χ0) is 12.5. The molecule has 0 aromatic heterocycles. The number of hydrogen-bond donors (Lipinski definition) is 1. The zero-order valence-corrected chi connectivity index (χ0v) is 12.5. The van der Waals surface area contributed by atoms with Crippen molar-refractivity contribution in [3.8, 4) is 0 Å². The number of thioether (sulfide) groups is 1. The topological polar surface area (TPSA) is 12.0 Å². The lowest BCUT2D eigenvalue weighted by Crippen LogP contribution is -2.10. The van der Waals surface area contributed by atoms with Crippen LogP contribution in [0, 0.1) is 9.39 Å². The predicted molar refractivity (Wildman–Crippen MR) is 82.6 cm³/mol. The van der Waals surface area contributed by atoms with Crippen LogP contribution in [0.25, 0.3) is 0 Å². The minimum atomic E-state index is -0.189. The lowest BCUT2D eigenvalue weighted by molar-refractivity contribution is 0.627. The number of nitrogens with one attached hydrogen (secondary N) is 1. The summed E-state index contributed by atoms with van der Waals surface area (Å²) in [6.45, 7) is 0. The number of halogens is 2. The normalized spacial score (nSPS) is 17.6. The van der Waals surface area contributed by atoms with Crippen LogP contribution >= 0.6 is 34.4 Å². The van der Waals surface area contributed by atoms with Gasteiger partial charge in [0, 0.05) is 19.9 Å². The Balaban J connectivity index is 1.86. The van der Waals surface area contributed by atoms with E-state index in [0.29, 0.717) is 6.04 Å². The Kier molecular flexibility index (Phi) is 3.48. The highest BCUT2D eigenvalue weighted by atomic mass is 127. The van der Waals surface area contributed by atoms with Gasteiger partial charge in [-0.2, -0.15) is 0 Å². The minimum absolute atomic E-state index is 0.189. The molecule has 0 spiro atoms. The molecule has 18 heavy (non-hydrogen) atoms. The van der Waals surface area contributed by atoms with E-state index in [1.807, 2.05) is 17.8 Å². The van der Waals surface area contributed by atoms with Gasteiger partial charge >= 0.3 is 0 Å². The molecule has 92 valence electrons. The molecule has 2 aromatic rings. The van der Waals surface area contributed by atoms with E-state index in [9.17, 15) is 4.39 Å². The van der Waals surface area contributed by atoms with E-state index in [2.05, 4.69) is 52.2 Å². The van der Waals surface area contributed by atoms with Crippen molar-refractivity contribution >= 4 is 40.0 Å². The van der Waals surface area contributed by atoms with Gasteiger partial charge in [-0.15, -0.1) is 11.8 Å². The van der Waals surface area contributed by atoms with Crippen molar-refractivity contribution in [3.05, 3.63) is 57.4 Å². The number of rotatable bonds is 2. The van der Waals surface area contributed by atoms with Crippen LogP contribution < -0.4 is 5.32 Å². The van der Waals surface area contributed by atoms with E-state index in [1.54, 1.807) is 6.07 Å². The second kappa shape index (κ2) is 5.09. The summed E-state index contributed by atoms with van der Waals surface area (Å²) >= 11 is 4.03. The molecule has 0 aliphatic carbocycles. The van der Waals surface area contributed by atoms with Crippen molar-refractivity contribution in [1.82, 2.24) is 0 Å². The first-order chi connectivity index (χ1) is 8.74. The monoisotopic (exact) mass is 371 g/mol. The fourth-order valence-electron chi connectivity index (χ4n) is 2.08. The Morgan fingerprint density at radius 1 is 1.22 bits per heavy atom. The van der Waals surface area contributed by atoms with Crippen molar-refractivity contribution in [2.75, 3.05) is 11.1 Å². The fraction of sp³-hybridized carbons (Fsp3) is 0.143. The third-order valence-electron chi connectivity index (χ3n) is 2.96. The van der Waals surface area contributed by atoms with Gasteiger partial charge < -0.3 is 5.32 Å². The smallest absolute Gasteiger partial charge is 0.124 e. The summed E-state index contributed by atoms with van der Waals surface area (Å²) in [5.41, 5.74) is 2.34. The Morgan fingerprint density at radius 2 is 2.06 bits per heavy atom. The summed E-state index contributed by atoms with van der Waals surface area (Å²) < 4.78 is 14.0. The summed E-state index contributed by atoms with van der Waals surface area (Å²) in [6, 6.07) is 13.6. The largest absolute Gasteiger partial charge is 0.376 e. The molecular formula is C14H11FINS. The Morgan fingerprint density at radius 3 is 2.89 bits per heavy atom. The first-order valence-corrected chi connectivity index (χ1v) is 7.74. The quantitative estimate of drug-likeness (QED) is 0.769. The van der Waals surface area contributed by atoms with E-state index in [1.165, 1.54) is 16.5 Å². The van der Waals surface area contributed by atoms with Gasteiger partial charge in [-0.05, 0) is 52.4 Å². The molecule has 0 amide bonds. The third-order valence-corrected chi connectivity index (χ3v) is 5.04. The highest BCUT2D eigenvalue weighted by Gasteiger charge is 2.22. The van der Waals surface area contributed by atoms with Gasteiger partial charge in [-0.1, -0.05) is 18.2 Å². The van der Waals surface area contributed by atoms with E-state index < -0.39 is 0 Å². The standard InChI is InChI=1S/C14H11FINS/c15-9-5-6-12(11(16)7-9)17-13-8-18-14-4-2-1-3-10(13)14/h1-7,13,17H,8H2. The SMILES string of the molecule is Fc1ccc(NC2CSc3ccccc32)c(I)c1. The lowest BCUT2D eigenvalue weighted by Gasteiger charge is -2.16. The van der Waals surface area contributed by atoms with Crippen LogP contribution in [0.1, 0.15) is 11.6 Å². The third kappa shape index (κ3) is 2.36. The molecule has 0 bridgehead atoms. The number of anilines is 1. The van der Waals surface area contributed by atoms with Gasteiger partial charge in [-0.25, -0.2) is 4.39 Å². The van der Waals surface area contributed by atoms with Crippen molar-refractivity contribution < 1.29 is 4.39 Å². The van der Waals surface area contributed by atoms with Crippen LogP contribution in [0.15, 0.2) is 47.4 Å². The molecular weight excluding hydrogens is 360 g/mol. The van der Waals surface area contributed by atoms with Gasteiger partial charge in [0.1, 0.15) is 5.82 Å². The molecule has 1 nitrogen and oxygen atoms in total. The minimum Gasteiger partial charge on any atom is -0.376 e. The average molecular weight is 371 g/mol. The van der Waals surface area contributed by atoms with Gasteiger partial charge in [-0.3, -0.25) is 0 Å². The summed E-state index contributed by atoms with van der Waals surface area (Å²) in [6.07, 6.45) is 0. The summed E-state index contributed by atoms with van der Waals surface area (Å²) in [5, 5.41) is 3.50. The molecule has 3 rings (SSSR count). The molecule has 4 heteroatoms. The second-order valence-electron chi connectivity index (χ2n) is 4.17. The van der Waals surface area contributed by atoms with Crippen molar-refractivity contribution in [2.45, 2.75) is 10.9 Å². The molecule has 2 aromatic carbocycles. The molecule has 0 radical (unpaired) electrons. The van der Waals surface area contributed by atoms with Crippen LogP contribution in [0.4, 0.5) is 10.1 Å². The Bertz CT molecular complexity index is 588. The molecule has 0 saturated carbocycles. The number of fused-ring (bicyclic) bond motifs is 1. The first-order valence-electron chi connectivity index (χ1n) is 5.67. The van der Waals surface area contributed by atoms with E-state index in [0.717, 1.165) is 15.0 Å². The molecule has 1 heterocycles. The fourth-order valence-corrected chi connectivity index (χ4v) is 3.87. The number of benzene rings is 2. The molecule has 1 aliphatic rings. The van der Waals surface area contributed by atoms with Gasteiger partial charge in [0.2, 0.25) is 0 Å². The Hall–Kier alpha value is -0.750. The maximum atomic E-state index is 13.1. The summed E-state index contributed by atoms with van der Waals surface area (Å²) in [7, 11) is 0. The molecule has 1 unspecified atom stereocenters. The molecule has 1 aliphatic heterocycles. The number of hydrogen-bond acceptors (Lipinski definition) is 2. The van der Waals surface area contributed by atoms with Crippen molar-refractivity contribution in [1.29, 1.82) is 0 Å². The highest BCUT2D eigenvalue weighted by molar-refractivity contribution is 14.1. The summed E-state index contributed by atoms with van der Waals surface area (Å²) in [5.74, 6) is 0.832. The predicted octanol–water partition coefficient (Wildman–Crippen LogP) is 4.69. The van der Waals surface area contributed by atoms with E-state index >= 15 is 0 Å². The van der Waals surface area contributed by atoms with Crippen LogP contribution in [0.3, 0.4) is 0 Å². The van der Waals surface area contributed by atoms with Crippen LogP contribution in [0.2, 0.25) is 0 Å².